The minimum absolute atomic E-state index is 0.823. The molecule has 0 aromatic rings. The van der Waals surface area contributed by atoms with Crippen LogP contribution in [-0.2, 0) is 4.74 Å². The summed E-state index contributed by atoms with van der Waals surface area (Å²) in [6, 6.07) is 0. The summed E-state index contributed by atoms with van der Waals surface area (Å²) >= 11 is 2.09. The molecule has 2 nitrogen and oxygen atoms in total. The normalized spacial score (nSPS) is 20.4. The highest BCUT2D eigenvalue weighted by atomic mass is 32.2. The third kappa shape index (κ3) is 6.44. The molecule has 1 aliphatic heterocycles. The van der Waals surface area contributed by atoms with Crippen molar-refractivity contribution in [2.45, 2.75) is 26.2 Å². The van der Waals surface area contributed by atoms with Crippen LogP contribution >= 0.6 is 11.8 Å². The van der Waals surface area contributed by atoms with E-state index in [0.29, 0.717) is 0 Å². The van der Waals surface area contributed by atoms with Crippen molar-refractivity contribution in [1.82, 2.24) is 4.90 Å². The molecule has 0 spiro atoms. The van der Waals surface area contributed by atoms with Gasteiger partial charge in [-0.15, -0.1) is 0 Å². The van der Waals surface area contributed by atoms with E-state index < -0.39 is 0 Å². The molecular formula is C12H25NOS. The van der Waals surface area contributed by atoms with E-state index in [1.54, 1.807) is 7.11 Å². The molecular weight excluding hydrogens is 206 g/mol. The molecule has 0 amide bonds. The highest BCUT2D eigenvalue weighted by molar-refractivity contribution is 7.99. The molecule has 3 heteroatoms. The third-order valence-electron chi connectivity index (χ3n) is 3.09. The zero-order valence-corrected chi connectivity index (χ0v) is 11.0. The van der Waals surface area contributed by atoms with Gasteiger partial charge >= 0.3 is 0 Å². The summed E-state index contributed by atoms with van der Waals surface area (Å²) in [6.45, 7) is 7.17. The van der Waals surface area contributed by atoms with E-state index in [1.807, 2.05) is 0 Å². The molecule has 1 saturated heterocycles. The first-order valence-corrected chi connectivity index (χ1v) is 7.27. The second-order valence-corrected chi connectivity index (χ2v) is 5.71. The predicted octanol–water partition coefficient (Wildman–Crippen LogP) is 2.49. The molecule has 0 radical (unpaired) electrons. The van der Waals surface area contributed by atoms with Gasteiger partial charge in [0.25, 0.3) is 0 Å². The summed E-state index contributed by atoms with van der Waals surface area (Å²) in [4.78, 5) is 2.61. The predicted molar refractivity (Wildman–Crippen MR) is 68.7 cm³/mol. The van der Waals surface area contributed by atoms with Gasteiger partial charge in [-0.3, -0.25) is 0 Å². The van der Waals surface area contributed by atoms with Gasteiger partial charge in [-0.05, 0) is 31.7 Å². The van der Waals surface area contributed by atoms with E-state index in [-0.39, 0.29) is 0 Å². The molecule has 0 bridgehead atoms. The standard InChI is InChI=1S/C12H25NOS/c1-12(5-9-14-2)4-3-6-13-7-10-15-11-8-13/h12H,3-11H2,1-2H3. The zero-order valence-electron chi connectivity index (χ0n) is 10.2. The minimum atomic E-state index is 0.823. The molecule has 15 heavy (non-hydrogen) atoms. The van der Waals surface area contributed by atoms with Crippen molar-refractivity contribution in [2.75, 3.05) is 44.9 Å². The molecule has 1 heterocycles. The Hall–Kier alpha value is 0.270. The molecule has 1 aliphatic rings. The first kappa shape index (κ1) is 13.3. The molecule has 90 valence electrons. The van der Waals surface area contributed by atoms with Crippen LogP contribution in [0.4, 0.5) is 0 Å². The lowest BCUT2D eigenvalue weighted by atomic mass is 10.0. The van der Waals surface area contributed by atoms with Crippen LogP contribution in [0.3, 0.4) is 0 Å². The average molecular weight is 231 g/mol. The van der Waals surface area contributed by atoms with Crippen LogP contribution in [0, 0.1) is 5.92 Å². The van der Waals surface area contributed by atoms with Crippen molar-refractivity contribution < 1.29 is 4.74 Å². The van der Waals surface area contributed by atoms with Crippen molar-refractivity contribution in [3.8, 4) is 0 Å². The maximum atomic E-state index is 5.10. The Morgan fingerprint density at radius 2 is 2.00 bits per heavy atom. The Labute approximate surface area is 98.7 Å². The molecule has 0 aromatic heterocycles. The van der Waals surface area contributed by atoms with Crippen molar-refractivity contribution in [3.63, 3.8) is 0 Å². The summed E-state index contributed by atoms with van der Waals surface area (Å²) in [7, 11) is 1.79. The largest absolute Gasteiger partial charge is 0.385 e. The quantitative estimate of drug-likeness (QED) is 0.668. The van der Waals surface area contributed by atoms with Gasteiger partial charge in [-0.25, -0.2) is 0 Å². The van der Waals surface area contributed by atoms with Gasteiger partial charge < -0.3 is 9.64 Å². The van der Waals surface area contributed by atoms with Gasteiger partial charge in [0, 0.05) is 38.3 Å². The average Bonchev–Trinajstić information content (AvgIpc) is 2.28. The molecule has 1 atom stereocenters. The minimum Gasteiger partial charge on any atom is -0.385 e. The third-order valence-corrected chi connectivity index (χ3v) is 4.03. The SMILES string of the molecule is COCCC(C)CCCN1CCSCC1. The van der Waals surface area contributed by atoms with Gasteiger partial charge in [0.05, 0.1) is 0 Å². The Morgan fingerprint density at radius 3 is 2.67 bits per heavy atom. The summed E-state index contributed by atoms with van der Waals surface area (Å²) in [5.74, 6) is 3.49. The summed E-state index contributed by atoms with van der Waals surface area (Å²) in [6.07, 6.45) is 3.93. The fourth-order valence-electron chi connectivity index (χ4n) is 1.95. The molecule has 1 fully saturated rings. The van der Waals surface area contributed by atoms with E-state index >= 15 is 0 Å². The number of rotatable bonds is 7. The smallest absolute Gasteiger partial charge is 0.0464 e. The first-order chi connectivity index (χ1) is 7.33. The number of hydrogen-bond acceptors (Lipinski definition) is 3. The highest BCUT2D eigenvalue weighted by Crippen LogP contribution is 2.13. The number of thioether (sulfide) groups is 1. The molecule has 0 aromatic carbocycles. The van der Waals surface area contributed by atoms with E-state index in [1.165, 1.54) is 50.4 Å². The number of nitrogens with zero attached hydrogens (tertiary/aromatic N) is 1. The van der Waals surface area contributed by atoms with Crippen LogP contribution in [0.2, 0.25) is 0 Å². The van der Waals surface area contributed by atoms with Crippen molar-refractivity contribution >= 4 is 11.8 Å². The maximum Gasteiger partial charge on any atom is 0.0464 e. The van der Waals surface area contributed by atoms with Crippen LogP contribution in [0.15, 0.2) is 0 Å². The summed E-state index contributed by atoms with van der Waals surface area (Å²) in [5, 5.41) is 0. The number of methoxy groups -OCH3 is 1. The Bertz CT molecular complexity index is 149. The summed E-state index contributed by atoms with van der Waals surface area (Å²) in [5.41, 5.74) is 0. The second kappa shape index (κ2) is 8.43. The Morgan fingerprint density at radius 1 is 1.27 bits per heavy atom. The fourth-order valence-corrected chi connectivity index (χ4v) is 2.93. The van der Waals surface area contributed by atoms with Gasteiger partial charge in [0.15, 0.2) is 0 Å². The van der Waals surface area contributed by atoms with Crippen molar-refractivity contribution in [2.24, 2.45) is 5.92 Å². The van der Waals surface area contributed by atoms with E-state index in [4.69, 9.17) is 4.74 Å². The number of ether oxygens (including phenoxy) is 1. The van der Waals surface area contributed by atoms with E-state index in [0.717, 1.165) is 12.5 Å². The van der Waals surface area contributed by atoms with Gasteiger partial charge in [-0.2, -0.15) is 11.8 Å². The van der Waals surface area contributed by atoms with E-state index in [9.17, 15) is 0 Å². The Balaban J connectivity index is 1.94. The van der Waals surface area contributed by atoms with Crippen LogP contribution < -0.4 is 0 Å². The van der Waals surface area contributed by atoms with Crippen LogP contribution in [0.1, 0.15) is 26.2 Å². The fraction of sp³-hybridized carbons (Fsp3) is 1.00. The lowest BCUT2D eigenvalue weighted by molar-refractivity contribution is 0.176. The lowest BCUT2D eigenvalue weighted by Gasteiger charge is -2.26. The number of hydrogen-bond donors (Lipinski definition) is 0. The maximum absolute atomic E-state index is 5.10. The molecule has 0 saturated carbocycles. The first-order valence-electron chi connectivity index (χ1n) is 6.12. The van der Waals surface area contributed by atoms with Crippen LogP contribution in [0.25, 0.3) is 0 Å². The van der Waals surface area contributed by atoms with Crippen molar-refractivity contribution in [1.29, 1.82) is 0 Å². The van der Waals surface area contributed by atoms with E-state index in [2.05, 4.69) is 23.6 Å². The van der Waals surface area contributed by atoms with Crippen molar-refractivity contribution in [3.05, 3.63) is 0 Å². The highest BCUT2D eigenvalue weighted by Gasteiger charge is 2.10. The molecule has 0 N–H and O–H groups in total. The molecule has 0 aliphatic carbocycles. The topological polar surface area (TPSA) is 12.5 Å². The lowest BCUT2D eigenvalue weighted by Crippen LogP contribution is -2.33. The second-order valence-electron chi connectivity index (χ2n) is 4.48. The van der Waals surface area contributed by atoms with Crippen LogP contribution in [-0.4, -0.2) is 49.8 Å². The zero-order chi connectivity index (χ0) is 10.9. The van der Waals surface area contributed by atoms with Gasteiger partial charge in [-0.1, -0.05) is 6.92 Å². The Kier molecular flexibility index (Phi) is 7.49. The monoisotopic (exact) mass is 231 g/mol. The molecule has 1 unspecified atom stereocenters. The van der Waals surface area contributed by atoms with Gasteiger partial charge in [0.2, 0.25) is 0 Å². The summed E-state index contributed by atoms with van der Waals surface area (Å²) < 4.78 is 5.10. The van der Waals surface area contributed by atoms with Gasteiger partial charge in [0.1, 0.15) is 0 Å². The van der Waals surface area contributed by atoms with Crippen LogP contribution in [0.5, 0.6) is 0 Å². The molecule has 1 rings (SSSR count).